The molecule has 0 N–H and O–H groups in total. The van der Waals surface area contributed by atoms with E-state index in [2.05, 4.69) is 9.88 Å². The number of aromatic nitrogens is 1. The van der Waals surface area contributed by atoms with Gasteiger partial charge in [0.1, 0.15) is 0 Å². The van der Waals surface area contributed by atoms with E-state index in [-0.39, 0.29) is 11.2 Å². The summed E-state index contributed by atoms with van der Waals surface area (Å²) in [5, 5.41) is 0. The van der Waals surface area contributed by atoms with Gasteiger partial charge in [-0.15, -0.1) is 0 Å². The summed E-state index contributed by atoms with van der Waals surface area (Å²) in [4.78, 5) is 6.77. The summed E-state index contributed by atoms with van der Waals surface area (Å²) < 4.78 is 32.1. The van der Waals surface area contributed by atoms with Crippen molar-refractivity contribution in [2.24, 2.45) is 5.41 Å². The highest BCUT2D eigenvalue weighted by molar-refractivity contribution is 7.89. The summed E-state index contributed by atoms with van der Waals surface area (Å²) in [6.45, 7) is 6.76. The molecule has 134 valence electrons. The average Bonchev–Trinajstić information content (AvgIpc) is 2.78. The molecule has 1 aromatic rings. The second-order valence-corrected chi connectivity index (χ2v) is 9.18. The van der Waals surface area contributed by atoms with Crippen molar-refractivity contribution >= 4 is 10.0 Å². The molecule has 0 aliphatic carbocycles. The Morgan fingerprint density at radius 1 is 1.29 bits per heavy atom. The molecule has 3 rings (SSSR count). The normalized spacial score (nSPS) is 27.2. The minimum absolute atomic E-state index is 0.105. The average molecular weight is 353 g/mol. The first-order chi connectivity index (χ1) is 11.5. The monoisotopic (exact) mass is 353 g/mol. The molecule has 1 atom stereocenters. The summed E-state index contributed by atoms with van der Waals surface area (Å²) in [6.07, 6.45) is 3.73. The zero-order valence-electron chi connectivity index (χ0n) is 14.4. The predicted molar refractivity (Wildman–Crippen MR) is 93.0 cm³/mol. The number of pyridine rings is 1. The number of sulfonamides is 1. The minimum Gasteiger partial charge on any atom is -0.379 e. The van der Waals surface area contributed by atoms with Crippen LogP contribution in [-0.4, -0.2) is 67.8 Å². The zero-order chi connectivity index (χ0) is 17.0. The molecule has 2 aliphatic rings. The molecular formula is C17H27N3O3S. The van der Waals surface area contributed by atoms with Gasteiger partial charge >= 0.3 is 0 Å². The van der Waals surface area contributed by atoms with Gasteiger partial charge in [0.2, 0.25) is 10.0 Å². The second-order valence-electron chi connectivity index (χ2n) is 6.92. The molecule has 0 unspecified atom stereocenters. The molecule has 2 saturated heterocycles. The van der Waals surface area contributed by atoms with Crippen molar-refractivity contribution in [2.45, 2.75) is 26.3 Å². The quantitative estimate of drug-likeness (QED) is 0.818. The Kier molecular flexibility index (Phi) is 5.54. The third kappa shape index (κ3) is 4.14. The lowest BCUT2D eigenvalue weighted by Crippen LogP contribution is -2.52. The van der Waals surface area contributed by atoms with Gasteiger partial charge in [-0.2, -0.15) is 0 Å². The van der Waals surface area contributed by atoms with Crippen LogP contribution in [0.5, 0.6) is 0 Å². The van der Waals surface area contributed by atoms with Gasteiger partial charge in [0, 0.05) is 44.3 Å². The number of hydrogen-bond acceptors (Lipinski definition) is 5. The molecule has 0 amide bonds. The van der Waals surface area contributed by atoms with Crippen LogP contribution in [0.1, 0.15) is 25.5 Å². The third-order valence-corrected chi connectivity index (χ3v) is 6.84. The van der Waals surface area contributed by atoms with Gasteiger partial charge < -0.3 is 4.74 Å². The molecule has 7 heteroatoms. The molecule has 24 heavy (non-hydrogen) atoms. The smallest absolute Gasteiger partial charge is 0.213 e. The van der Waals surface area contributed by atoms with Crippen molar-refractivity contribution in [3.05, 3.63) is 30.1 Å². The molecule has 1 aromatic heterocycles. The first-order valence-electron chi connectivity index (χ1n) is 8.71. The van der Waals surface area contributed by atoms with Gasteiger partial charge in [-0.25, -0.2) is 12.7 Å². The second kappa shape index (κ2) is 7.47. The van der Waals surface area contributed by atoms with E-state index >= 15 is 0 Å². The van der Waals surface area contributed by atoms with E-state index in [4.69, 9.17) is 4.74 Å². The Morgan fingerprint density at radius 2 is 2.17 bits per heavy atom. The Bertz CT molecular complexity index is 638. The van der Waals surface area contributed by atoms with Crippen LogP contribution in [0.4, 0.5) is 0 Å². The molecule has 2 fully saturated rings. The highest BCUT2D eigenvalue weighted by Gasteiger charge is 2.41. The van der Waals surface area contributed by atoms with E-state index in [9.17, 15) is 8.42 Å². The van der Waals surface area contributed by atoms with Crippen molar-refractivity contribution in [3.63, 3.8) is 0 Å². The van der Waals surface area contributed by atoms with E-state index in [1.165, 1.54) is 0 Å². The van der Waals surface area contributed by atoms with Crippen LogP contribution in [0.2, 0.25) is 0 Å². The zero-order valence-corrected chi connectivity index (χ0v) is 15.2. The molecule has 6 nitrogen and oxygen atoms in total. The van der Waals surface area contributed by atoms with Crippen molar-refractivity contribution in [3.8, 4) is 0 Å². The highest BCUT2D eigenvalue weighted by atomic mass is 32.2. The highest BCUT2D eigenvalue weighted by Crippen LogP contribution is 2.34. The largest absolute Gasteiger partial charge is 0.379 e. The number of rotatable bonds is 4. The Balaban J connectivity index is 1.73. The number of ether oxygens (including phenoxy) is 1. The van der Waals surface area contributed by atoms with Gasteiger partial charge in [-0.1, -0.05) is 6.07 Å². The lowest BCUT2D eigenvalue weighted by atomic mass is 9.81. The topological polar surface area (TPSA) is 62.7 Å². The summed E-state index contributed by atoms with van der Waals surface area (Å²) in [5.41, 5.74) is 0.939. The fourth-order valence-corrected chi connectivity index (χ4v) is 5.01. The van der Waals surface area contributed by atoms with Gasteiger partial charge in [-0.3, -0.25) is 9.88 Å². The van der Waals surface area contributed by atoms with Crippen molar-refractivity contribution in [1.82, 2.24) is 14.2 Å². The van der Waals surface area contributed by atoms with Gasteiger partial charge in [0.05, 0.1) is 24.7 Å². The molecule has 3 heterocycles. The van der Waals surface area contributed by atoms with E-state index in [0.717, 1.165) is 38.2 Å². The van der Waals surface area contributed by atoms with Crippen LogP contribution in [0.15, 0.2) is 24.4 Å². The molecule has 0 aromatic carbocycles. The number of piperidine rings is 1. The van der Waals surface area contributed by atoms with Gasteiger partial charge in [0.25, 0.3) is 0 Å². The maximum absolute atomic E-state index is 12.3. The van der Waals surface area contributed by atoms with E-state index in [1.807, 2.05) is 24.4 Å². The van der Waals surface area contributed by atoms with Crippen molar-refractivity contribution in [2.75, 3.05) is 45.1 Å². The van der Waals surface area contributed by atoms with Crippen molar-refractivity contribution in [1.29, 1.82) is 0 Å². The van der Waals surface area contributed by atoms with Crippen LogP contribution in [0, 0.1) is 5.41 Å². The SMILES string of the molecule is CCS(=O)(=O)N1CCC[C@]2(COCCN(Cc3ccccn3)C2)C1. The lowest BCUT2D eigenvalue weighted by molar-refractivity contribution is 0.0281. The summed E-state index contributed by atoms with van der Waals surface area (Å²) in [6, 6.07) is 5.96. The van der Waals surface area contributed by atoms with E-state index < -0.39 is 10.0 Å². The molecule has 0 saturated carbocycles. The third-order valence-electron chi connectivity index (χ3n) is 5.02. The van der Waals surface area contributed by atoms with Gasteiger partial charge in [0.15, 0.2) is 0 Å². The summed E-state index contributed by atoms with van der Waals surface area (Å²) in [5.74, 6) is 0.168. The van der Waals surface area contributed by atoms with Crippen LogP contribution >= 0.6 is 0 Å². The Labute approximate surface area is 144 Å². The summed E-state index contributed by atoms with van der Waals surface area (Å²) in [7, 11) is -3.14. The fourth-order valence-electron chi connectivity index (χ4n) is 3.77. The molecule has 1 spiro atoms. The van der Waals surface area contributed by atoms with Crippen LogP contribution in [0.25, 0.3) is 0 Å². The first-order valence-corrected chi connectivity index (χ1v) is 10.3. The van der Waals surface area contributed by atoms with Crippen LogP contribution < -0.4 is 0 Å². The van der Waals surface area contributed by atoms with Crippen LogP contribution in [-0.2, 0) is 21.3 Å². The van der Waals surface area contributed by atoms with E-state index in [1.54, 1.807) is 11.2 Å². The van der Waals surface area contributed by atoms with Crippen molar-refractivity contribution < 1.29 is 13.2 Å². The standard InChI is InChI=1S/C17H27N3O3S/c1-2-24(21,22)20-9-5-7-17(14-20)13-19(10-11-23-15-17)12-16-6-3-4-8-18-16/h3-4,6,8H,2,5,7,9-15H2,1H3/t17-/m1/s1. The van der Waals surface area contributed by atoms with E-state index in [0.29, 0.717) is 26.3 Å². The minimum atomic E-state index is -3.14. The maximum atomic E-state index is 12.3. The predicted octanol–water partition coefficient (Wildman–Crippen LogP) is 1.35. The maximum Gasteiger partial charge on any atom is 0.213 e. The molecule has 0 bridgehead atoms. The molecule has 2 aliphatic heterocycles. The number of hydrogen-bond donors (Lipinski definition) is 0. The fraction of sp³-hybridized carbons (Fsp3) is 0.706. The summed E-state index contributed by atoms with van der Waals surface area (Å²) >= 11 is 0. The Hall–Kier alpha value is -1.02. The Morgan fingerprint density at radius 3 is 2.92 bits per heavy atom. The molecular weight excluding hydrogens is 326 g/mol. The van der Waals surface area contributed by atoms with Gasteiger partial charge in [-0.05, 0) is 31.9 Å². The number of nitrogens with zero attached hydrogens (tertiary/aromatic N) is 3. The first kappa shape index (κ1) is 17.8. The lowest BCUT2D eigenvalue weighted by Gasteiger charge is -2.42. The van der Waals surface area contributed by atoms with Crippen LogP contribution in [0.3, 0.4) is 0 Å². The molecule has 0 radical (unpaired) electrons.